The fraction of sp³-hybridized carbons (Fsp3) is 0.938. The van der Waals surface area contributed by atoms with Gasteiger partial charge < -0.3 is 15.0 Å². The first-order chi connectivity index (χ1) is 9.43. The molecule has 0 aliphatic rings. The molecular weight excluding hydrogens is 252 g/mol. The Morgan fingerprint density at radius 2 is 1.80 bits per heavy atom. The van der Waals surface area contributed by atoms with Gasteiger partial charge in [0.2, 0.25) is 5.91 Å². The van der Waals surface area contributed by atoms with Gasteiger partial charge >= 0.3 is 0 Å². The van der Waals surface area contributed by atoms with Gasteiger partial charge in [0.15, 0.2) is 0 Å². The van der Waals surface area contributed by atoms with E-state index in [1.165, 1.54) is 19.3 Å². The fourth-order valence-electron chi connectivity index (χ4n) is 1.92. The Morgan fingerprint density at radius 1 is 1.10 bits per heavy atom. The zero-order valence-electron chi connectivity index (χ0n) is 14.1. The van der Waals surface area contributed by atoms with E-state index in [9.17, 15) is 4.79 Å². The van der Waals surface area contributed by atoms with Gasteiger partial charge in [0.05, 0.1) is 0 Å². The molecule has 0 radical (unpaired) electrons. The van der Waals surface area contributed by atoms with Gasteiger partial charge in [0.25, 0.3) is 0 Å². The number of ether oxygens (including phenoxy) is 1. The summed E-state index contributed by atoms with van der Waals surface area (Å²) in [5.74, 6) is 0.786. The Morgan fingerprint density at radius 3 is 2.40 bits per heavy atom. The van der Waals surface area contributed by atoms with Gasteiger partial charge in [-0.2, -0.15) is 0 Å². The van der Waals surface area contributed by atoms with E-state index in [4.69, 9.17) is 4.74 Å². The number of hydrogen-bond donors (Lipinski definition) is 1. The minimum absolute atomic E-state index is 0.00550. The lowest BCUT2D eigenvalue weighted by molar-refractivity contribution is -0.131. The van der Waals surface area contributed by atoms with E-state index in [1.54, 1.807) is 0 Å². The molecule has 4 nitrogen and oxygen atoms in total. The minimum atomic E-state index is -0.334. The Kier molecular flexibility index (Phi) is 11.8. The quantitative estimate of drug-likeness (QED) is 0.561. The van der Waals surface area contributed by atoms with Crippen LogP contribution in [0.2, 0.25) is 0 Å². The third-order valence-corrected chi connectivity index (χ3v) is 3.24. The third-order valence-electron chi connectivity index (χ3n) is 3.24. The highest BCUT2D eigenvalue weighted by molar-refractivity contribution is 5.80. The van der Waals surface area contributed by atoms with E-state index in [-0.39, 0.29) is 12.0 Å². The van der Waals surface area contributed by atoms with Crippen LogP contribution in [0.4, 0.5) is 0 Å². The average Bonchev–Trinajstić information content (AvgIpc) is 2.37. The predicted octanol–water partition coefficient (Wildman–Crippen LogP) is 2.68. The molecule has 1 unspecified atom stereocenters. The summed E-state index contributed by atoms with van der Waals surface area (Å²) in [6, 6.07) is 0. The first-order valence-corrected chi connectivity index (χ1v) is 7.97. The SMILES string of the molecule is CC(C)CCCCCOC(C)C(=O)NCCCN(C)C. The van der Waals surface area contributed by atoms with Crippen molar-refractivity contribution >= 4 is 5.91 Å². The van der Waals surface area contributed by atoms with Crippen LogP contribution in [0.3, 0.4) is 0 Å². The number of unbranched alkanes of at least 4 members (excludes halogenated alkanes) is 2. The van der Waals surface area contributed by atoms with Crippen molar-refractivity contribution < 1.29 is 9.53 Å². The first kappa shape index (κ1) is 19.4. The molecule has 0 aromatic carbocycles. The summed E-state index contributed by atoms with van der Waals surface area (Å²) in [5, 5.41) is 2.91. The smallest absolute Gasteiger partial charge is 0.248 e. The number of rotatable bonds is 12. The zero-order chi connectivity index (χ0) is 15.4. The summed E-state index contributed by atoms with van der Waals surface area (Å²) in [7, 11) is 4.07. The molecule has 0 rings (SSSR count). The molecule has 0 spiro atoms. The van der Waals surface area contributed by atoms with Crippen molar-refractivity contribution in [3.8, 4) is 0 Å². The van der Waals surface area contributed by atoms with Crippen molar-refractivity contribution in [1.29, 1.82) is 0 Å². The molecule has 1 atom stereocenters. The van der Waals surface area contributed by atoms with Crippen molar-refractivity contribution in [3.63, 3.8) is 0 Å². The second-order valence-corrected chi connectivity index (χ2v) is 6.20. The topological polar surface area (TPSA) is 41.6 Å². The van der Waals surface area contributed by atoms with E-state index in [0.717, 1.165) is 31.8 Å². The van der Waals surface area contributed by atoms with Crippen molar-refractivity contribution in [2.45, 2.75) is 59.0 Å². The molecule has 1 N–H and O–H groups in total. The van der Waals surface area contributed by atoms with Crippen LogP contribution in [0.5, 0.6) is 0 Å². The van der Waals surface area contributed by atoms with Gasteiger partial charge in [0, 0.05) is 13.2 Å². The van der Waals surface area contributed by atoms with Crippen LogP contribution in [-0.4, -0.2) is 50.7 Å². The average molecular weight is 286 g/mol. The number of carbonyl (C=O) groups is 1. The first-order valence-electron chi connectivity index (χ1n) is 7.97. The second kappa shape index (κ2) is 12.2. The molecule has 0 aromatic rings. The van der Waals surface area contributed by atoms with E-state index in [1.807, 2.05) is 21.0 Å². The standard InChI is InChI=1S/C16H34N2O2/c1-14(2)10-7-6-8-13-20-15(3)16(19)17-11-9-12-18(4)5/h14-15H,6-13H2,1-5H3,(H,17,19). The van der Waals surface area contributed by atoms with Crippen LogP contribution in [0, 0.1) is 5.92 Å². The Labute approximate surface area is 125 Å². The predicted molar refractivity (Wildman–Crippen MR) is 84.9 cm³/mol. The Balaban J connectivity index is 3.46. The maximum Gasteiger partial charge on any atom is 0.248 e. The van der Waals surface area contributed by atoms with Gasteiger partial charge in [-0.15, -0.1) is 0 Å². The number of nitrogens with zero attached hydrogens (tertiary/aromatic N) is 1. The summed E-state index contributed by atoms with van der Waals surface area (Å²) in [4.78, 5) is 13.9. The normalized spacial score (nSPS) is 12.9. The molecule has 0 aliphatic heterocycles. The molecule has 0 aliphatic carbocycles. The van der Waals surface area contributed by atoms with E-state index in [0.29, 0.717) is 6.61 Å². The summed E-state index contributed by atoms with van der Waals surface area (Å²) >= 11 is 0. The highest BCUT2D eigenvalue weighted by Gasteiger charge is 2.11. The number of nitrogens with one attached hydrogen (secondary N) is 1. The van der Waals surface area contributed by atoms with Crippen LogP contribution in [0.15, 0.2) is 0 Å². The Bertz CT molecular complexity index is 243. The number of carbonyl (C=O) groups excluding carboxylic acids is 1. The maximum atomic E-state index is 11.7. The molecule has 0 bridgehead atoms. The van der Waals surface area contributed by atoms with Gasteiger partial charge in [-0.25, -0.2) is 0 Å². The molecule has 0 fully saturated rings. The maximum absolute atomic E-state index is 11.7. The van der Waals surface area contributed by atoms with Gasteiger partial charge in [-0.3, -0.25) is 4.79 Å². The molecule has 20 heavy (non-hydrogen) atoms. The van der Waals surface area contributed by atoms with Crippen LogP contribution in [-0.2, 0) is 9.53 Å². The largest absolute Gasteiger partial charge is 0.369 e. The molecule has 0 aromatic heterocycles. The molecule has 0 saturated carbocycles. The molecule has 0 saturated heterocycles. The van der Waals surface area contributed by atoms with Gasteiger partial charge in [-0.05, 0) is 46.3 Å². The van der Waals surface area contributed by atoms with E-state index in [2.05, 4.69) is 24.1 Å². The van der Waals surface area contributed by atoms with Gasteiger partial charge in [-0.1, -0.05) is 33.1 Å². The van der Waals surface area contributed by atoms with Crippen LogP contribution < -0.4 is 5.32 Å². The third kappa shape index (κ3) is 12.4. The monoisotopic (exact) mass is 286 g/mol. The Hall–Kier alpha value is -0.610. The molecule has 120 valence electrons. The fourth-order valence-corrected chi connectivity index (χ4v) is 1.92. The molecule has 0 heterocycles. The van der Waals surface area contributed by atoms with Crippen LogP contribution in [0.1, 0.15) is 52.9 Å². The zero-order valence-corrected chi connectivity index (χ0v) is 14.1. The lowest BCUT2D eigenvalue weighted by Gasteiger charge is -2.14. The van der Waals surface area contributed by atoms with Crippen molar-refractivity contribution in [1.82, 2.24) is 10.2 Å². The minimum Gasteiger partial charge on any atom is -0.369 e. The van der Waals surface area contributed by atoms with Crippen LogP contribution >= 0.6 is 0 Å². The molecular formula is C16H34N2O2. The lowest BCUT2D eigenvalue weighted by Crippen LogP contribution is -2.36. The highest BCUT2D eigenvalue weighted by Crippen LogP contribution is 2.08. The van der Waals surface area contributed by atoms with E-state index >= 15 is 0 Å². The second-order valence-electron chi connectivity index (χ2n) is 6.20. The number of hydrogen-bond acceptors (Lipinski definition) is 3. The summed E-state index contributed by atoms with van der Waals surface area (Å²) in [6.45, 7) is 8.72. The van der Waals surface area contributed by atoms with Crippen molar-refractivity contribution in [2.24, 2.45) is 5.92 Å². The van der Waals surface area contributed by atoms with Gasteiger partial charge in [0.1, 0.15) is 6.10 Å². The summed E-state index contributed by atoms with van der Waals surface area (Å²) in [5.41, 5.74) is 0. The molecule has 4 heteroatoms. The summed E-state index contributed by atoms with van der Waals surface area (Å²) in [6.07, 6.45) is 5.41. The molecule has 1 amide bonds. The summed E-state index contributed by atoms with van der Waals surface area (Å²) < 4.78 is 5.57. The highest BCUT2D eigenvalue weighted by atomic mass is 16.5. The van der Waals surface area contributed by atoms with Crippen molar-refractivity contribution in [2.75, 3.05) is 33.8 Å². The number of amides is 1. The lowest BCUT2D eigenvalue weighted by atomic mass is 10.1. The van der Waals surface area contributed by atoms with Crippen molar-refractivity contribution in [3.05, 3.63) is 0 Å². The van der Waals surface area contributed by atoms with Crippen LogP contribution in [0.25, 0.3) is 0 Å². The van der Waals surface area contributed by atoms with E-state index < -0.39 is 0 Å².